The highest BCUT2D eigenvalue weighted by Gasteiger charge is 2.20. The molecule has 108 valence electrons. The van der Waals surface area contributed by atoms with Crippen molar-refractivity contribution in [2.75, 3.05) is 5.32 Å². The van der Waals surface area contributed by atoms with Crippen LogP contribution in [0.5, 0.6) is 0 Å². The number of carbonyl (C=O) groups is 3. The maximum Gasteiger partial charge on any atom is 0.326 e. The van der Waals surface area contributed by atoms with Gasteiger partial charge in [0.2, 0.25) is 5.91 Å². The number of hydrogen-bond donors (Lipinski definition) is 4. The SMILES string of the molecule is NC(=O)CC[C@@H](NC(=O)Nc1cccc(I)c1)C(=O)O. The highest BCUT2D eigenvalue weighted by molar-refractivity contribution is 14.1. The molecular weight excluding hydrogens is 377 g/mol. The summed E-state index contributed by atoms with van der Waals surface area (Å²) in [5, 5.41) is 13.8. The molecule has 3 amide bonds. The third-order valence-corrected chi connectivity index (χ3v) is 3.04. The Labute approximate surface area is 129 Å². The molecule has 0 radical (unpaired) electrons. The van der Waals surface area contributed by atoms with E-state index >= 15 is 0 Å². The van der Waals surface area contributed by atoms with Crippen LogP contribution in [0.4, 0.5) is 10.5 Å². The molecule has 0 unspecified atom stereocenters. The zero-order chi connectivity index (χ0) is 15.1. The fraction of sp³-hybridized carbons (Fsp3) is 0.250. The molecule has 1 aromatic carbocycles. The minimum absolute atomic E-state index is 0.0512. The molecule has 0 spiro atoms. The minimum Gasteiger partial charge on any atom is -0.480 e. The fourth-order valence-electron chi connectivity index (χ4n) is 1.44. The molecule has 1 aromatic rings. The molecular formula is C12H14IN3O4. The number of halogens is 1. The van der Waals surface area contributed by atoms with Crippen molar-refractivity contribution in [2.45, 2.75) is 18.9 Å². The molecule has 0 fully saturated rings. The summed E-state index contributed by atoms with van der Waals surface area (Å²) >= 11 is 2.09. The summed E-state index contributed by atoms with van der Waals surface area (Å²) in [7, 11) is 0. The second-order valence-electron chi connectivity index (χ2n) is 4.00. The van der Waals surface area contributed by atoms with Crippen LogP contribution < -0.4 is 16.4 Å². The average molecular weight is 391 g/mol. The number of aliphatic carboxylic acids is 1. The van der Waals surface area contributed by atoms with Gasteiger partial charge in [0.25, 0.3) is 0 Å². The first-order chi connectivity index (χ1) is 9.38. The quantitative estimate of drug-likeness (QED) is 0.543. The normalized spacial score (nSPS) is 11.4. The third-order valence-electron chi connectivity index (χ3n) is 2.37. The highest BCUT2D eigenvalue weighted by atomic mass is 127. The molecule has 7 nitrogen and oxygen atoms in total. The topological polar surface area (TPSA) is 122 Å². The van der Waals surface area contributed by atoms with Crippen molar-refractivity contribution in [3.63, 3.8) is 0 Å². The standard InChI is InChI=1S/C12H14IN3O4/c13-7-2-1-3-8(6-7)15-12(20)16-9(11(18)19)4-5-10(14)17/h1-3,6,9H,4-5H2,(H2,14,17)(H,18,19)(H2,15,16,20)/t9-/m1/s1. The lowest BCUT2D eigenvalue weighted by molar-refractivity contribution is -0.139. The first kappa shape index (κ1) is 16.2. The van der Waals surface area contributed by atoms with Crippen LogP contribution in [0.1, 0.15) is 12.8 Å². The number of hydrogen-bond acceptors (Lipinski definition) is 3. The summed E-state index contributed by atoms with van der Waals surface area (Å²) in [6.45, 7) is 0. The molecule has 0 saturated carbocycles. The number of amides is 3. The van der Waals surface area contributed by atoms with E-state index in [2.05, 4.69) is 33.2 Å². The van der Waals surface area contributed by atoms with Gasteiger partial charge in [0.1, 0.15) is 6.04 Å². The van der Waals surface area contributed by atoms with E-state index in [0.717, 1.165) is 3.57 Å². The second-order valence-corrected chi connectivity index (χ2v) is 5.25. The molecule has 0 saturated heterocycles. The average Bonchev–Trinajstić information content (AvgIpc) is 2.33. The van der Waals surface area contributed by atoms with Crippen LogP contribution in [0.2, 0.25) is 0 Å². The molecule has 8 heteroatoms. The van der Waals surface area contributed by atoms with Crippen molar-refractivity contribution in [3.8, 4) is 0 Å². The molecule has 0 aromatic heterocycles. The van der Waals surface area contributed by atoms with E-state index < -0.39 is 23.9 Å². The number of carboxylic acid groups (broad SMARTS) is 1. The van der Waals surface area contributed by atoms with E-state index in [9.17, 15) is 14.4 Å². The van der Waals surface area contributed by atoms with Gasteiger partial charge in [0.05, 0.1) is 0 Å². The summed E-state index contributed by atoms with van der Waals surface area (Å²) in [6, 6.07) is 5.23. The summed E-state index contributed by atoms with van der Waals surface area (Å²) < 4.78 is 0.934. The van der Waals surface area contributed by atoms with Crippen LogP contribution >= 0.6 is 22.6 Å². The molecule has 1 atom stereocenters. The zero-order valence-electron chi connectivity index (χ0n) is 10.4. The molecule has 0 heterocycles. The van der Waals surface area contributed by atoms with Gasteiger partial charge in [0.15, 0.2) is 0 Å². The van der Waals surface area contributed by atoms with Gasteiger partial charge in [0, 0.05) is 15.7 Å². The lowest BCUT2D eigenvalue weighted by atomic mass is 10.1. The van der Waals surface area contributed by atoms with E-state index in [-0.39, 0.29) is 12.8 Å². The van der Waals surface area contributed by atoms with Crippen molar-refractivity contribution in [1.29, 1.82) is 0 Å². The smallest absolute Gasteiger partial charge is 0.326 e. The van der Waals surface area contributed by atoms with E-state index in [1.165, 1.54) is 0 Å². The number of carbonyl (C=O) groups excluding carboxylic acids is 2. The Morgan fingerprint density at radius 1 is 1.35 bits per heavy atom. The van der Waals surface area contributed by atoms with E-state index in [0.29, 0.717) is 5.69 Å². The maximum absolute atomic E-state index is 11.7. The Hall–Kier alpha value is -1.84. The van der Waals surface area contributed by atoms with Crippen LogP contribution in [0.25, 0.3) is 0 Å². The Bertz CT molecular complexity index is 521. The van der Waals surface area contributed by atoms with Crippen molar-refractivity contribution in [3.05, 3.63) is 27.8 Å². The van der Waals surface area contributed by atoms with Crippen molar-refractivity contribution >= 4 is 46.2 Å². The van der Waals surface area contributed by atoms with E-state index in [4.69, 9.17) is 10.8 Å². The number of primary amides is 1. The largest absolute Gasteiger partial charge is 0.480 e. The van der Waals surface area contributed by atoms with Gasteiger partial charge in [-0.1, -0.05) is 6.07 Å². The van der Waals surface area contributed by atoms with Gasteiger partial charge >= 0.3 is 12.0 Å². The Morgan fingerprint density at radius 2 is 2.05 bits per heavy atom. The Morgan fingerprint density at radius 3 is 2.60 bits per heavy atom. The molecule has 0 aliphatic heterocycles. The van der Waals surface area contributed by atoms with Gasteiger partial charge in [-0.2, -0.15) is 0 Å². The number of urea groups is 1. The van der Waals surface area contributed by atoms with Crippen molar-refractivity contribution < 1.29 is 19.5 Å². The molecule has 0 aliphatic carbocycles. The molecule has 20 heavy (non-hydrogen) atoms. The van der Waals surface area contributed by atoms with Gasteiger partial charge < -0.3 is 21.5 Å². The molecule has 0 bridgehead atoms. The number of nitrogens with one attached hydrogen (secondary N) is 2. The third kappa shape index (κ3) is 5.87. The first-order valence-corrected chi connectivity index (χ1v) is 6.80. The predicted octanol–water partition coefficient (Wildman–Crippen LogP) is 1.13. The zero-order valence-corrected chi connectivity index (χ0v) is 12.6. The summed E-state index contributed by atoms with van der Waals surface area (Å²) in [4.78, 5) is 33.3. The monoisotopic (exact) mass is 391 g/mol. The first-order valence-electron chi connectivity index (χ1n) is 5.72. The maximum atomic E-state index is 11.7. The van der Waals surface area contributed by atoms with Gasteiger partial charge in [-0.15, -0.1) is 0 Å². The molecule has 0 aliphatic rings. The number of nitrogens with two attached hydrogens (primary N) is 1. The van der Waals surface area contributed by atoms with Crippen LogP contribution in [0.3, 0.4) is 0 Å². The number of anilines is 1. The Balaban J connectivity index is 2.57. The van der Waals surface area contributed by atoms with Crippen LogP contribution in [-0.4, -0.2) is 29.1 Å². The van der Waals surface area contributed by atoms with Gasteiger partial charge in [-0.25, -0.2) is 9.59 Å². The second kappa shape index (κ2) is 7.68. The van der Waals surface area contributed by atoms with Gasteiger partial charge in [-0.05, 0) is 47.2 Å². The lowest BCUT2D eigenvalue weighted by Gasteiger charge is -2.14. The Kier molecular flexibility index (Phi) is 6.22. The molecule has 5 N–H and O–H groups in total. The number of rotatable bonds is 6. The van der Waals surface area contributed by atoms with Crippen molar-refractivity contribution in [2.24, 2.45) is 5.73 Å². The van der Waals surface area contributed by atoms with Gasteiger partial charge in [-0.3, -0.25) is 4.79 Å². The van der Waals surface area contributed by atoms with Crippen LogP contribution in [0.15, 0.2) is 24.3 Å². The van der Waals surface area contributed by atoms with Crippen LogP contribution in [0, 0.1) is 3.57 Å². The van der Waals surface area contributed by atoms with E-state index in [1.54, 1.807) is 18.2 Å². The highest BCUT2D eigenvalue weighted by Crippen LogP contribution is 2.12. The summed E-state index contributed by atoms with van der Waals surface area (Å²) in [5.41, 5.74) is 5.50. The lowest BCUT2D eigenvalue weighted by Crippen LogP contribution is -2.43. The van der Waals surface area contributed by atoms with Crippen molar-refractivity contribution in [1.82, 2.24) is 5.32 Å². The minimum atomic E-state index is -1.22. The molecule has 1 rings (SSSR count). The fourth-order valence-corrected chi connectivity index (χ4v) is 1.98. The van der Waals surface area contributed by atoms with Crippen LogP contribution in [-0.2, 0) is 9.59 Å². The number of carboxylic acids is 1. The summed E-state index contributed by atoms with van der Waals surface area (Å²) in [5.74, 6) is -1.83. The number of benzene rings is 1. The van der Waals surface area contributed by atoms with E-state index in [1.807, 2.05) is 6.07 Å². The predicted molar refractivity (Wildman–Crippen MR) is 81.2 cm³/mol. The summed E-state index contributed by atoms with van der Waals surface area (Å²) in [6.07, 6.45) is -0.162.